The third-order valence-electron chi connectivity index (χ3n) is 3.51. The Morgan fingerprint density at radius 2 is 1.70 bits per heavy atom. The second-order valence-electron chi connectivity index (χ2n) is 5.06. The molecule has 1 amide bonds. The molecule has 0 radical (unpaired) electrons. The number of nitrogens with one attached hydrogen (secondary N) is 1. The Hall–Kier alpha value is -2.02. The first-order chi connectivity index (χ1) is 11.1. The second kappa shape index (κ2) is 8.57. The molecule has 1 saturated heterocycles. The van der Waals surface area contributed by atoms with E-state index in [-0.39, 0.29) is 6.09 Å². The fraction of sp³-hybridized carbons (Fsp3) is 0.500. The van der Waals surface area contributed by atoms with Gasteiger partial charge in [-0.15, -0.1) is 0 Å². The van der Waals surface area contributed by atoms with Gasteiger partial charge in [-0.05, 0) is 50.3 Å². The van der Waals surface area contributed by atoms with Gasteiger partial charge in [0.05, 0.1) is 13.2 Å². The molecule has 0 atom stereocenters. The molecular weight excluding hydrogens is 314 g/mol. The van der Waals surface area contributed by atoms with Crippen molar-refractivity contribution in [3.05, 3.63) is 24.3 Å². The zero-order chi connectivity index (χ0) is 16.7. The van der Waals surface area contributed by atoms with Crippen LogP contribution in [0.15, 0.2) is 24.3 Å². The smallest absolute Gasteiger partial charge is 0.409 e. The van der Waals surface area contributed by atoms with Gasteiger partial charge in [0, 0.05) is 31.9 Å². The minimum atomic E-state index is -0.252. The molecule has 6 nitrogen and oxygen atoms in total. The fourth-order valence-electron chi connectivity index (χ4n) is 2.31. The third kappa shape index (κ3) is 4.99. The predicted molar refractivity (Wildman–Crippen MR) is 94.0 cm³/mol. The fourth-order valence-corrected chi connectivity index (χ4v) is 2.61. The summed E-state index contributed by atoms with van der Waals surface area (Å²) >= 11 is 5.44. The first-order valence-electron chi connectivity index (χ1n) is 7.84. The molecule has 23 heavy (non-hydrogen) atoms. The number of carbonyl (C=O) groups excluding carboxylic acids is 1. The monoisotopic (exact) mass is 337 g/mol. The minimum Gasteiger partial charge on any atom is -0.494 e. The Balaban J connectivity index is 1.81. The van der Waals surface area contributed by atoms with E-state index in [1.807, 2.05) is 38.1 Å². The Kier molecular flexibility index (Phi) is 6.46. The van der Waals surface area contributed by atoms with Crippen LogP contribution in [0.25, 0.3) is 0 Å². The van der Waals surface area contributed by atoms with Crippen molar-refractivity contribution in [2.24, 2.45) is 0 Å². The summed E-state index contributed by atoms with van der Waals surface area (Å²) in [5, 5.41) is 3.88. The number of anilines is 1. The number of hydrogen-bond donors (Lipinski definition) is 1. The van der Waals surface area contributed by atoms with Crippen LogP contribution < -0.4 is 10.1 Å². The lowest BCUT2D eigenvalue weighted by atomic mass is 10.3. The summed E-state index contributed by atoms with van der Waals surface area (Å²) in [6.45, 7) is 7.44. The van der Waals surface area contributed by atoms with Gasteiger partial charge in [-0.2, -0.15) is 0 Å². The Labute approximate surface area is 142 Å². The zero-order valence-corrected chi connectivity index (χ0v) is 14.4. The number of ether oxygens (including phenoxy) is 2. The van der Waals surface area contributed by atoms with Crippen molar-refractivity contribution in [3.63, 3.8) is 0 Å². The molecule has 1 heterocycles. The van der Waals surface area contributed by atoms with Gasteiger partial charge in [0.2, 0.25) is 0 Å². The molecule has 0 aromatic heterocycles. The molecule has 7 heteroatoms. The molecule has 1 aliphatic heterocycles. The van der Waals surface area contributed by atoms with Gasteiger partial charge in [-0.3, -0.25) is 0 Å². The lowest BCUT2D eigenvalue weighted by molar-refractivity contribution is 0.0923. The molecule has 126 valence electrons. The van der Waals surface area contributed by atoms with Gasteiger partial charge in [0.1, 0.15) is 5.75 Å². The Morgan fingerprint density at radius 1 is 1.09 bits per heavy atom. The van der Waals surface area contributed by atoms with Crippen LogP contribution in [0.1, 0.15) is 13.8 Å². The normalized spacial score (nSPS) is 14.3. The van der Waals surface area contributed by atoms with Gasteiger partial charge in [-0.1, -0.05) is 0 Å². The average Bonchev–Trinajstić information content (AvgIpc) is 2.57. The van der Waals surface area contributed by atoms with Crippen LogP contribution in [0.2, 0.25) is 0 Å². The average molecular weight is 337 g/mol. The molecule has 0 saturated carbocycles. The molecule has 1 aliphatic rings. The summed E-state index contributed by atoms with van der Waals surface area (Å²) in [5.41, 5.74) is 0.922. The van der Waals surface area contributed by atoms with E-state index in [0.717, 1.165) is 11.4 Å². The standard InChI is InChI=1S/C16H23N3O3S/c1-3-21-14-7-5-13(6-8-14)17-15(23)18-9-11-19(12-10-18)16(20)22-4-2/h5-8H,3-4,9-12H2,1-2H3,(H,17,23). The van der Waals surface area contributed by atoms with Crippen molar-refractivity contribution < 1.29 is 14.3 Å². The summed E-state index contributed by atoms with van der Waals surface area (Å²) < 4.78 is 10.4. The van der Waals surface area contributed by atoms with E-state index < -0.39 is 0 Å². The van der Waals surface area contributed by atoms with E-state index in [0.29, 0.717) is 44.5 Å². The van der Waals surface area contributed by atoms with Crippen molar-refractivity contribution in [2.45, 2.75) is 13.8 Å². The van der Waals surface area contributed by atoms with Crippen molar-refractivity contribution in [2.75, 3.05) is 44.7 Å². The number of piperazine rings is 1. The highest BCUT2D eigenvalue weighted by Crippen LogP contribution is 2.16. The number of nitrogens with zero attached hydrogens (tertiary/aromatic N) is 2. The van der Waals surface area contributed by atoms with Crippen molar-refractivity contribution >= 4 is 29.1 Å². The molecule has 2 rings (SSSR count). The highest BCUT2D eigenvalue weighted by Gasteiger charge is 2.23. The maximum absolute atomic E-state index is 11.7. The quantitative estimate of drug-likeness (QED) is 0.852. The van der Waals surface area contributed by atoms with Gasteiger partial charge in [0.15, 0.2) is 5.11 Å². The van der Waals surface area contributed by atoms with Gasteiger partial charge in [-0.25, -0.2) is 4.79 Å². The van der Waals surface area contributed by atoms with Crippen molar-refractivity contribution in [3.8, 4) is 5.75 Å². The first-order valence-corrected chi connectivity index (χ1v) is 8.25. The van der Waals surface area contributed by atoms with Crippen LogP contribution in [-0.2, 0) is 4.74 Å². The van der Waals surface area contributed by atoms with Crippen LogP contribution in [-0.4, -0.2) is 60.4 Å². The number of amides is 1. The largest absolute Gasteiger partial charge is 0.494 e. The van der Waals surface area contributed by atoms with E-state index in [1.165, 1.54) is 0 Å². The number of benzene rings is 1. The number of rotatable bonds is 4. The van der Waals surface area contributed by atoms with Gasteiger partial charge >= 0.3 is 6.09 Å². The van der Waals surface area contributed by atoms with Crippen LogP contribution in [0.4, 0.5) is 10.5 Å². The molecule has 0 unspecified atom stereocenters. The minimum absolute atomic E-state index is 0.252. The van der Waals surface area contributed by atoms with E-state index in [9.17, 15) is 4.79 Å². The SMILES string of the molecule is CCOC(=O)N1CCN(C(=S)Nc2ccc(OCC)cc2)CC1. The van der Waals surface area contributed by atoms with E-state index >= 15 is 0 Å². The topological polar surface area (TPSA) is 54.0 Å². The van der Waals surface area contributed by atoms with Crippen LogP contribution >= 0.6 is 12.2 Å². The molecule has 1 aromatic carbocycles. The second-order valence-corrected chi connectivity index (χ2v) is 5.45. The lowest BCUT2D eigenvalue weighted by Gasteiger charge is -2.35. The number of thiocarbonyl (C=S) groups is 1. The summed E-state index contributed by atoms with van der Waals surface area (Å²) in [6.07, 6.45) is -0.252. The molecule has 1 aromatic rings. The van der Waals surface area contributed by atoms with Crippen molar-refractivity contribution in [1.29, 1.82) is 0 Å². The molecule has 0 aliphatic carbocycles. The highest BCUT2D eigenvalue weighted by atomic mass is 32.1. The van der Waals surface area contributed by atoms with E-state index in [1.54, 1.807) is 4.90 Å². The number of hydrogen-bond acceptors (Lipinski definition) is 4. The molecule has 1 N–H and O–H groups in total. The third-order valence-corrected chi connectivity index (χ3v) is 3.87. The zero-order valence-electron chi connectivity index (χ0n) is 13.6. The van der Waals surface area contributed by atoms with Crippen LogP contribution in [0.3, 0.4) is 0 Å². The molecule has 1 fully saturated rings. The Morgan fingerprint density at radius 3 is 2.26 bits per heavy atom. The molecule has 0 spiro atoms. The van der Waals surface area contributed by atoms with Gasteiger partial charge < -0.3 is 24.6 Å². The maximum Gasteiger partial charge on any atom is 0.409 e. The lowest BCUT2D eigenvalue weighted by Crippen LogP contribution is -2.51. The van der Waals surface area contributed by atoms with Crippen LogP contribution in [0.5, 0.6) is 5.75 Å². The van der Waals surface area contributed by atoms with Gasteiger partial charge in [0.25, 0.3) is 0 Å². The summed E-state index contributed by atoms with van der Waals surface area (Å²) in [4.78, 5) is 15.4. The molecular formula is C16H23N3O3S. The maximum atomic E-state index is 11.7. The number of carbonyl (C=O) groups is 1. The summed E-state index contributed by atoms with van der Waals surface area (Å²) in [5.74, 6) is 0.840. The summed E-state index contributed by atoms with van der Waals surface area (Å²) in [7, 11) is 0. The highest BCUT2D eigenvalue weighted by molar-refractivity contribution is 7.80. The first kappa shape index (κ1) is 17.3. The van der Waals surface area contributed by atoms with E-state index in [4.69, 9.17) is 21.7 Å². The molecule has 0 bridgehead atoms. The van der Waals surface area contributed by atoms with Crippen molar-refractivity contribution in [1.82, 2.24) is 9.80 Å². The summed E-state index contributed by atoms with van der Waals surface area (Å²) in [6, 6.07) is 7.69. The van der Waals surface area contributed by atoms with E-state index in [2.05, 4.69) is 10.2 Å². The predicted octanol–water partition coefficient (Wildman–Crippen LogP) is 2.56. The van der Waals surface area contributed by atoms with Crippen LogP contribution in [0, 0.1) is 0 Å². The Bertz CT molecular complexity index is 528.